The summed E-state index contributed by atoms with van der Waals surface area (Å²) in [4.78, 5) is 12.0. The molecular formula is C12H14ClNO3. The quantitative estimate of drug-likeness (QED) is 0.863. The highest BCUT2D eigenvalue weighted by Crippen LogP contribution is 2.30. The molecule has 0 atom stereocenters. The summed E-state index contributed by atoms with van der Waals surface area (Å²) in [6.45, 7) is 2.14. The van der Waals surface area contributed by atoms with Crippen LogP contribution in [0.1, 0.15) is 5.56 Å². The number of aliphatic hydroxyl groups excluding tert-OH is 1. The number of hydrogen-bond donors (Lipinski definition) is 2. The molecule has 0 aliphatic carbocycles. The number of anilines is 1. The first kappa shape index (κ1) is 12.4. The van der Waals surface area contributed by atoms with Crippen molar-refractivity contribution in [1.82, 2.24) is 0 Å². The highest BCUT2D eigenvalue weighted by atomic mass is 35.5. The van der Waals surface area contributed by atoms with Gasteiger partial charge in [0.2, 0.25) is 5.91 Å². The van der Waals surface area contributed by atoms with E-state index in [0.29, 0.717) is 10.7 Å². The summed E-state index contributed by atoms with van der Waals surface area (Å²) >= 11 is 5.97. The Morgan fingerprint density at radius 1 is 1.59 bits per heavy atom. The van der Waals surface area contributed by atoms with Crippen molar-refractivity contribution in [2.75, 3.05) is 25.1 Å². The Morgan fingerprint density at radius 3 is 2.82 bits per heavy atom. The molecule has 1 aliphatic heterocycles. The average Bonchev–Trinajstić information content (AvgIpc) is 2.24. The van der Waals surface area contributed by atoms with Crippen molar-refractivity contribution in [2.45, 2.75) is 6.92 Å². The largest absolute Gasteiger partial charge is 0.395 e. The standard InChI is InChI=1S/C12H14ClNO3/c1-8-9(13)3-2-4-10(8)14-11(16)12(5-15)6-17-7-12/h2-4,15H,5-7H2,1H3,(H,14,16). The lowest BCUT2D eigenvalue weighted by Gasteiger charge is -2.38. The van der Waals surface area contributed by atoms with Gasteiger partial charge in [-0.1, -0.05) is 17.7 Å². The molecule has 2 N–H and O–H groups in total. The number of amides is 1. The van der Waals surface area contributed by atoms with Crippen molar-refractivity contribution in [1.29, 1.82) is 0 Å². The molecule has 1 aromatic carbocycles. The first-order chi connectivity index (χ1) is 8.09. The minimum Gasteiger partial charge on any atom is -0.395 e. The first-order valence-corrected chi connectivity index (χ1v) is 5.72. The van der Waals surface area contributed by atoms with Crippen molar-refractivity contribution in [3.63, 3.8) is 0 Å². The summed E-state index contributed by atoms with van der Waals surface area (Å²) in [6, 6.07) is 5.32. The molecule has 1 aromatic rings. The number of halogens is 1. The minimum atomic E-state index is -0.797. The van der Waals surface area contributed by atoms with Crippen LogP contribution in [0.25, 0.3) is 0 Å². The van der Waals surface area contributed by atoms with E-state index in [0.717, 1.165) is 5.56 Å². The van der Waals surface area contributed by atoms with Gasteiger partial charge in [-0.2, -0.15) is 0 Å². The second-order valence-electron chi connectivity index (χ2n) is 4.30. The van der Waals surface area contributed by atoms with E-state index < -0.39 is 5.41 Å². The van der Waals surface area contributed by atoms with Gasteiger partial charge in [-0.15, -0.1) is 0 Å². The fourth-order valence-corrected chi connectivity index (χ4v) is 1.81. The number of nitrogens with one attached hydrogen (secondary N) is 1. The third-order valence-corrected chi connectivity index (χ3v) is 3.47. The Morgan fingerprint density at radius 2 is 2.29 bits per heavy atom. The smallest absolute Gasteiger partial charge is 0.237 e. The van der Waals surface area contributed by atoms with E-state index in [2.05, 4.69) is 5.32 Å². The van der Waals surface area contributed by atoms with Gasteiger partial charge in [0.25, 0.3) is 0 Å². The SMILES string of the molecule is Cc1c(Cl)cccc1NC(=O)C1(CO)COC1. The summed E-state index contributed by atoms with van der Waals surface area (Å²) in [5, 5.41) is 12.6. The van der Waals surface area contributed by atoms with Crippen molar-refractivity contribution < 1.29 is 14.6 Å². The normalized spacial score (nSPS) is 17.4. The molecule has 92 valence electrons. The van der Waals surface area contributed by atoms with Crippen molar-refractivity contribution in [2.24, 2.45) is 5.41 Å². The molecule has 0 aromatic heterocycles. The Kier molecular flexibility index (Phi) is 3.38. The van der Waals surface area contributed by atoms with Gasteiger partial charge in [0, 0.05) is 10.7 Å². The zero-order valence-corrected chi connectivity index (χ0v) is 10.3. The third-order valence-electron chi connectivity index (χ3n) is 3.06. The van der Waals surface area contributed by atoms with Crippen LogP contribution in [0.5, 0.6) is 0 Å². The zero-order chi connectivity index (χ0) is 12.5. The van der Waals surface area contributed by atoms with E-state index in [1.54, 1.807) is 18.2 Å². The number of ether oxygens (including phenoxy) is 1. The lowest BCUT2D eigenvalue weighted by molar-refractivity contribution is -0.164. The maximum absolute atomic E-state index is 12.0. The van der Waals surface area contributed by atoms with Crippen molar-refractivity contribution in [3.05, 3.63) is 28.8 Å². The minimum absolute atomic E-state index is 0.210. The maximum Gasteiger partial charge on any atom is 0.237 e. The van der Waals surface area contributed by atoms with E-state index in [1.165, 1.54) is 0 Å². The van der Waals surface area contributed by atoms with Crippen LogP contribution in [-0.4, -0.2) is 30.8 Å². The highest BCUT2D eigenvalue weighted by Gasteiger charge is 2.45. The average molecular weight is 256 g/mol. The second-order valence-corrected chi connectivity index (χ2v) is 4.70. The number of hydrogen-bond acceptors (Lipinski definition) is 3. The van der Waals surface area contributed by atoms with Gasteiger partial charge in [0.1, 0.15) is 5.41 Å². The molecule has 1 saturated heterocycles. The van der Waals surface area contributed by atoms with Gasteiger partial charge in [-0.05, 0) is 24.6 Å². The van der Waals surface area contributed by atoms with Crippen molar-refractivity contribution in [3.8, 4) is 0 Å². The van der Waals surface area contributed by atoms with Crippen LogP contribution in [-0.2, 0) is 9.53 Å². The maximum atomic E-state index is 12.0. The molecule has 0 bridgehead atoms. The Balaban J connectivity index is 2.16. The number of carbonyl (C=O) groups is 1. The number of rotatable bonds is 3. The van der Waals surface area contributed by atoms with Crippen LogP contribution in [0, 0.1) is 12.3 Å². The zero-order valence-electron chi connectivity index (χ0n) is 9.50. The molecule has 2 rings (SSSR count). The molecule has 0 saturated carbocycles. The monoisotopic (exact) mass is 255 g/mol. The molecule has 1 amide bonds. The van der Waals surface area contributed by atoms with Crippen LogP contribution >= 0.6 is 11.6 Å². The molecule has 0 spiro atoms. The summed E-state index contributed by atoms with van der Waals surface area (Å²) in [7, 11) is 0. The van der Waals surface area contributed by atoms with Gasteiger partial charge >= 0.3 is 0 Å². The fraction of sp³-hybridized carbons (Fsp3) is 0.417. The van der Waals surface area contributed by atoms with E-state index in [9.17, 15) is 9.90 Å². The number of carbonyl (C=O) groups excluding carboxylic acids is 1. The van der Waals surface area contributed by atoms with E-state index in [4.69, 9.17) is 16.3 Å². The van der Waals surface area contributed by atoms with Crippen molar-refractivity contribution >= 4 is 23.2 Å². The molecule has 1 heterocycles. The summed E-state index contributed by atoms with van der Waals surface area (Å²) in [5.41, 5.74) is 0.687. The summed E-state index contributed by atoms with van der Waals surface area (Å²) in [6.07, 6.45) is 0. The molecule has 1 fully saturated rings. The van der Waals surface area contributed by atoms with Crippen LogP contribution in [0.2, 0.25) is 5.02 Å². The Labute approximate surface area is 105 Å². The van der Waals surface area contributed by atoms with E-state index in [1.807, 2.05) is 6.92 Å². The summed E-state index contributed by atoms with van der Waals surface area (Å²) < 4.78 is 5.00. The third kappa shape index (κ3) is 2.16. The van der Waals surface area contributed by atoms with Gasteiger partial charge in [-0.25, -0.2) is 0 Å². The van der Waals surface area contributed by atoms with Gasteiger partial charge < -0.3 is 15.2 Å². The first-order valence-electron chi connectivity index (χ1n) is 5.34. The highest BCUT2D eigenvalue weighted by molar-refractivity contribution is 6.31. The fourth-order valence-electron chi connectivity index (χ4n) is 1.64. The van der Waals surface area contributed by atoms with Gasteiger partial charge in [0.05, 0.1) is 19.8 Å². The van der Waals surface area contributed by atoms with Gasteiger partial charge in [0.15, 0.2) is 0 Å². The molecule has 4 nitrogen and oxygen atoms in total. The van der Waals surface area contributed by atoms with Gasteiger partial charge in [-0.3, -0.25) is 4.79 Å². The van der Waals surface area contributed by atoms with Crippen LogP contribution in [0.3, 0.4) is 0 Å². The lowest BCUT2D eigenvalue weighted by atomic mass is 9.86. The molecule has 17 heavy (non-hydrogen) atoms. The molecule has 1 aliphatic rings. The molecule has 5 heteroatoms. The Hall–Kier alpha value is -1.10. The van der Waals surface area contributed by atoms with E-state index in [-0.39, 0.29) is 25.7 Å². The Bertz CT molecular complexity index is 438. The molecular weight excluding hydrogens is 242 g/mol. The predicted molar refractivity (Wildman–Crippen MR) is 65.2 cm³/mol. The summed E-state index contributed by atoms with van der Waals surface area (Å²) in [5.74, 6) is -0.225. The number of aliphatic hydroxyl groups is 1. The predicted octanol–water partition coefficient (Wildman–Crippen LogP) is 1.60. The molecule has 0 radical (unpaired) electrons. The lowest BCUT2D eigenvalue weighted by Crippen LogP contribution is -2.54. The molecule has 0 unspecified atom stereocenters. The van der Waals surface area contributed by atoms with Crippen LogP contribution < -0.4 is 5.32 Å². The van der Waals surface area contributed by atoms with Crippen LogP contribution in [0.15, 0.2) is 18.2 Å². The second kappa shape index (κ2) is 4.64. The van der Waals surface area contributed by atoms with E-state index >= 15 is 0 Å². The van der Waals surface area contributed by atoms with Crippen LogP contribution in [0.4, 0.5) is 5.69 Å². The topological polar surface area (TPSA) is 58.6 Å². The number of benzene rings is 1.